The zero-order chi connectivity index (χ0) is 19.9. The Hall–Kier alpha value is -1.09. The number of rotatable bonds is 4. The van der Waals surface area contributed by atoms with E-state index >= 15 is 0 Å². The summed E-state index contributed by atoms with van der Waals surface area (Å²) in [5, 5.41) is 0. The molecule has 2 aromatic rings. The van der Waals surface area contributed by atoms with Crippen molar-refractivity contribution < 1.29 is 4.57 Å². The van der Waals surface area contributed by atoms with Gasteiger partial charge in [-0.15, -0.1) is 0 Å². The van der Waals surface area contributed by atoms with E-state index in [9.17, 15) is 0 Å². The van der Waals surface area contributed by atoms with Crippen LogP contribution in [-0.4, -0.2) is 13.3 Å². The van der Waals surface area contributed by atoms with Gasteiger partial charge in [0.25, 0.3) is 0 Å². The van der Waals surface area contributed by atoms with Crippen LogP contribution in [0.1, 0.15) is 51.3 Å². The number of nitrogens with zero attached hydrogens (tertiary/aromatic N) is 1. The molecule has 0 amide bonds. The molecule has 1 heterocycles. The number of aromatic nitrogens is 1. The van der Waals surface area contributed by atoms with Crippen molar-refractivity contribution in [3.8, 4) is 11.3 Å². The molecule has 142 valence electrons. The molecule has 0 aliphatic heterocycles. The van der Waals surface area contributed by atoms with Crippen LogP contribution in [0.2, 0.25) is 17.3 Å². The molecule has 1 aromatic heterocycles. The minimum atomic E-state index is -1.94. The van der Waals surface area contributed by atoms with Gasteiger partial charge < -0.3 is 0 Å². The SMILES string of the molecule is Cc1cc(CC(C)C)ccc1-c1cc(C(C)(C)C)[c]([Ge]([CH3])([CH3])[CH3])c[n+]1C. The second-order valence-electron chi connectivity index (χ2n) is 10.3. The summed E-state index contributed by atoms with van der Waals surface area (Å²) in [4.78, 5) is 0. The molecular formula is C24H38GeN+. The van der Waals surface area contributed by atoms with Crippen molar-refractivity contribution in [3.05, 3.63) is 47.2 Å². The second kappa shape index (κ2) is 7.50. The van der Waals surface area contributed by atoms with Gasteiger partial charge in [0.05, 0.1) is 0 Å². The molecule has 0 atom stereocenters. The van der Waals surface area contributed by atoms with Gasteiger partial charge in [0.2, 0.25) is 0 Å². The van der Waals surface area contributed by atoms with Crippen molar-refractivity contribution in [1.29, 1.82) is 0 Å². The first-order chi connectivity index (χ1) is 11.8. The number of hydrogen-bond acceptors (Lipinski definition) is 0. The molecule has 2 heteroatoms. The molecule has 0 bridgehead atoms. The maximum atomic E-state index is 2.50. The van der Waals surface area contributed by atoms with Crippen molar-refractivity contribution in [2.45, 2.75) is 70.6 Å². The van der Waals surface area contributed by atoms with Crippen LogP contribution in [-0.2, 0) is 18.9 Å². The average Bonchev–Trinajstić information content (AvgIpc) is 2.45. The van der Waals surface area contributed by atoms with Crippen molar-refractivity contribution >= 4 is 17.7 Å². The number of hydrogen-bond donors (Lipinski definition) is 0. The summed E-state index contributed by atoms with van der Waals surface area (Å²) in [5.41, 5.74) is 7.22. The van der Waals surface area contributed by atoms with Gasteiger partial charge in [-0.2, -0.15) is 0 Å². The van der Waals surface area contributed by atoms with Crippen LogP contribution in [0.15, 0.2) is 30.5 Å². The van der Waals surface area contributed by atoms with Gasteiger partial charge in [-0.25, -0.2) is 0 Å². The van der Waals surface area contributed by atoms with Crippen LogP contribution in [0.5, 0.6) is 0 Å². The molecule has 0 fully saturated rings. The second-order valence-corrected chi connectivity index (χ2v) is 20.9. The molecule has 2 rings (SSSR count). The monoisotopic (exact) mass is 414 g/mol. The zero-order valence-corrected chi connectivity index (χ0v) is 20.7. The Labute approximate surface area is 164 Å². The summed E-state index contributed by atoms with van der Waals surface area (Å²) in [6.45, 7) is 13.9. The molecule has 26 heavy (non-hydrogen) atoms. The summed E-state index contributed by atoms with van der Waals surface area (Å²) in [6, 6.07) is 9.49. The summed E-state index contributed by atoms with van der Waals surface area (Å²) < 4.78 is 3.98. The Bertz CT molecular complexity index is 789. The maximum absolute atomic E-state index is 2.50. The van der Waals surface area contributed by atoms with E-state index in [0.29, 0.717) is 5.92 Å². The van der Waals surface area contributed by atoms with Crippen LogP contribution in [0.25, 0.3) is 11.3 Å². The van der Waals surface area contributed by atoms with Crippen LogP contribution in [0.4, 0.5) is 0 Å². The van der Waals surface area contributed by atoms with E-state index in [4.69, 9.17) is 0 Å². The first-order valence-electron chi connectivity index (χ1n) is 9.95. The number of aryl methyl sites for hydroxylation is 2. The van der Waals surface area contributed by atoms with E-state index in [0.717, 1.165) is 6.42 Å². The quantitative estimate of drug-likeness (QED) is 0.459. The van der Waals surface area contributed by atoms with Gasteiger partial charge in [-0.05, 0) is 0 Å². The first kappa shape index (κ1) is 21.2. The van der Waals surface area contributed by atoms with Gasteiger partial charge in [0.1, 0.15) is 0 Å². The Balaban J connectivity index is 2.64. The Morgan fingerprint density at radius 3 is 2.12 bits per heavy atom. The molecule has 0 saturated carbocycles. The minimum absolute atomic E-state index is 0.169. The molecule has 1 nitrogen and oxygen atoms in total. The topological polar surface area (TPSA) is 3.88 Å². The fraction of sp³-hybridized carbons (Fsp3) is 0.542. The number of benzene rings is 1. The van der Waals surface area contributed by atoms with Crippen molar-refractivity contribution in [2.24, 2.45) is 13.0 Å². The van der Waals surface area contributed by atoms with E-state index in [1.54, 1.807) is 4.40 Å². The fourth-order valence-corrected chi connectivity index (χ4v) is 7.60. The molecule has 0 aliphatic rings. The van der Waals surface area contributed by atoms with Crippen LogP contribution in [0, 0.1) is 12.8 Å². The van der Waals surface area contributed by atoms with Gasteiger partial charge in [0, 0.05) is 0 Å². The zero-order valence-electron chi connectivity index (χ0n) is 18.6. The van der Waals surface area contributed by atoms with E-state index in [2.05, 4.69) is 101 Å². The predicted molar refractivity (Wildman–Crippen MR) is 118 cm³/mol. The summed E-state index contributed by atoms with van der Waals surface area (Å²) in [7, 11) is 2.21. The fourth-order valence-electron chi connectivity index (χ4n) is 3.75. The van der Waals surface area contributed by atoms with Crippen LogP contribution < -0.4 is 8.96 Å². The van der Waals surface area contributed by atoms with Gasteiger partial charge in [0.15, 0.2) is 0 Å². The van der Waals surface area contributed by atoms with E-state index in [1.165, 1.54) is 27.9 Å². The standard InChI is InChI=1S/C24H38GeN/c1-17(2)13-19-11-12-20(18(3)14-19)23-15-21(24(4,5)6)22(16-26(23)10)25(7,8)9/h11-12,14-17H,13H2,1-10H3/q+1. The summed E-state index contributed by atoms with van der Waals surface area (Å²) >= 11 is -1.94. The molecule has 0 spiro atoms. The summed E-state index contributed by atoms with van der Waals surface area (Å²) in [5.74, 6) is 8.18. The molecule has 0 aliphatic carbocycles. The molecule has 0 saturated heterocycles. The van der Waals surface area contributed by atoms with Crippen molar-refractivity contribution in [2.75, 3.05) is 0 Å². The predicted octanol–water partition coefficient (Wildman–Crippen LogP) is 5.53. The van der Waals surface area contributed by atoms with Crippen LogP contribution in [0.3, 0.4) is 0 Å². The van der Waals surface area contributed by atoms with Gasteiger partial charge >= 0.3 is 164 Å². The number of pyridine rings is 1. The molecule has 0 unspecified atom stereocenters. The van der Waals surface area contributed by atoms with E-state index in [-0.39, 0.29) is 5.41 Å². The van der Waals surface area contributed by atoms with Gasteiger partial charge in [-0.1, -0.05) is 0 Å². The van der Waals surface area contributed by atoms with Gasteiger partial charge in [-0.3, -0.25) is 0 Å². The first-order valence-corrected chi connectivity index (χ1v) is 17.3. The average molecular weight is 413 g/mol. The third-order valence-corrected chi connectivity index (χ3v) is 9.33. The van der Waals surface area contributed by atoms with Crippen LogP contribution >= 0.6 is 0 Å². The molecule has 0 N–H and O–H groups in total. The van der Waals surface area contributed by atoms with E-state index < -0.39 is 13.3 Å². The normalized spacial score (nSPS) is 12.7. The molecule has 0 radical (unpaired) electrons. The van der Waals surface area contributed by atoms with E-state index in [1.807, 2.05) is 0 Å². The van der Waals surface area contributed by atoms with Crippen molar-refractivity contribution in [1.82, 2.24) is 0 Å². The molecular weight excluding hydrogens is 375 g/mol. The summed E-state index contributed by atoms with van der Waals surface area (Å²) in [6.07, 6.45) is 3.58. The van der Waals surface area contributed by atoms with Crippen molar-refractivity contribution in [3.63, 3.8) is 0 Å². The molecule has 1 aromatic carbocycles. The Kier molecular flexibility index (Phi) is 6.12. The third-order valence-electron chi connectivity index (χ3n) is 5.10. The Morgan fingerprint density at radius 2 is 1.65 bits per heavy atom. The third kappa shape index (κ3) is 4.79. The Morgan fingerprint density at radius 1 is 1.04 bits per heavy atom.